The highest BCUT2D eigenvalue weighted by Gasteiger charge is 2.11. The molecule has 0 saturated heterocycles. The Balaban J connectivity index is 1.97. The summed E-state index contributed by atoms with van der Waals surface area (Å²) in [4.78, 5) is 11.9. The number of para-hydroxylation sites is 2. The Morgan fingerprint density at radius 3 is 2.65 bits per heavy atom. The second kappa shape index (κ2) is 7.78. The number of aryl methyl sites for hydroxylation is 1. The molecule has 0 atom stereocenters. The quantitative estimate of drug-likeness (QED) is 0.824. The summed E-state index contributed by atoms with van der Waals surface area (Å²) in [6, 6.07) is 11.4. The molecule has 2 aromatic rings. The Morgan fingerprint density at radius 2 is 1.96 bits per heavy atom. The van der Waals surface area contributed by atoms with Crippen molar-refractivity contribution in [3.8, 4) is 5.75 Å². The van der Waals surface area contributed by atoms with Crippen molar-refractivity contribution in [3.05, 3.63) is 53.1 Å². The topological polar surface area (TPSA) is 50.4 Å². The molecular weight excluding hydrogens is 326 g/mol. The van der Waals surface area contributed by atoms with Crippen LogP contribution in [0.3, 0.4) is 0 Å². The predicted octanol–water partition coefficient (Wildman–Crippen LogP) is 4.30. The van der Waals surface area contributed by atoms with Gasteiger partial charge in [-0.15, -0.1) is 0 Å². The molecular formula is C16H15ClF2N2O2. The molecule has 0 saturated carbocycles. The first-order valence-corrected chi connectivity index (χ1v) is 7.17. The number of hydrogen-bond acceptors (Lipinski definition) is 3. The fraction of sp³-hybridized carbons (Fsp3) is 0.188. The lowest BCUT2D eigenvalue weighted by molar-refractivity contribution is -0.114. The van der Waals surface area contributed by atoms with E-state index in [1.807, 2.05) is 13.0 Å². The molecule has 1 amide bonds. The van der Waals surface area contributed by atoms with E-state index in [0.29, 0.717) is 10.7 Å². The van der Waals surface area contributed by atoms with Crippen LogP contribution < -0.4 is 15.4 Å². The van der Waals surface area contributed by atoms with Gasteiger partial charge in [0.25, 0.3) is 0 Å². The number of carbonyl (C=O) groups excluding carboxylic acids is 1. The molecule has 0 aliphatic carbocycles. The third-order valence-corrected chi connectivity index (χ3v) is 3.25. The van der Waals surface area contributed by atoms with Crippen molar-refractivity contribution < 1.29 is 18.3 Å². The molecule has 0 unspecified atom stereocenters. The van der Waals surface area contributed by atoms with E-state index in [-0.39, 0.29) is 18.0 Å². The van der Waals surface area contributed by atoms with Gasteiger partial charge >= 0.3 is 6.61 Å². The van der Waals surface area contributed by atoms with Crippen LogP contribution >= 0.6 is 11.6 Å². The molecule has 0 aliphatic rings. The highest BCUT2D eigenvalue weighted by Crippen LogP contribution is 2.26. The van der Waals surface area contributed by atoms with Gasteiger partial charge in [0, 0.05) is 0 Å². The molecule has 0 aliphatic heterocycles. The molecule has 0 bridgehead atoms. The Bertz CT molecular complexity index is 696. The fourth-order valence-corrected chi connectivity index (χ4v) is 2.20. The zero-order valence-electron chi connectivity index (χ0n) is 12.3. The number of rotatable bonds is 6. The van der Waals surface area contributed by atoms with E-state index in [2.05, 4.69) is 15.4 Å². The van der Waals surface area contributed by atoms with Gasteiger partial charge < -0.3 is 15.4 Å². The summed E-state index contributed by atoms with van der Waals surface area (Å²) in [5, 5.41) is 5.90. The van der Waals surface area contributed by atoms with Crippen LogP contribution in [0.1, 0.15) is 5.56 Å². The standard InChI is InChI=1S/C16H15ClF2N2O2/c1-10-6-7-12(11(17)8-10)20-9-15(22)21-13-4-2-3-5-14(13)23-16(18)19/h2-8,16,20H,9H2,1H3,(H,21,22). The molecule has 0 fully saturated rings. The number of halogens is 3. The average Bonchev–Trinajstić information content (AvgIpc) is 2.48. The van der Waals surface area contributed by atoms with Crippen LogP contribution in [0.15, 0.2) is 42.5 Å². The molecule has 2 aromatic carbocycles. The van der Waals surface area contributed by atoms with Gasteiger partial charge in [-0.05, 0) is 36.8 Å². The minimum Gasteiger partial charge on any atom is -0.433 e. The van der Waals surface area contributed by atoms with Gasteiger partial charge in [0.05, 0.1) is 22.9 Å². The first kappa shape index (κ1) is 17.0. The number of amides is 1. The number of hydrogen-bond donors (Lipinski definition) is 2. The lowest BCUT2D eigenvalue weighted by Gasteiger charge is -2.13. The summed E-state index contributed by atoms with van der Waals surface area (Å²) in [5.74, 6) is -0.504. The first-order valence-electron chi connectivity index (χ1n) is 6.79. The third kappa shape index (κ3) is 5.10. The predicted molar refractivity (Wildman–Crippen MR) is 86.4 cm³/mol. The molecule has 122 valence electrons. The maximum absolute atomic E-state index is 12.3. The minimum atomic E-state index is -2.96. The van der Waals surface area contributed by atoms with Crippen LogP contribution in [0.25, 0.3) is 0 Å². The van der Waals surface area contributed by atoms with Crippen molar-refractivity contribution in [2.24, 2.45) is 0 Å². The Kier molecular flexibility index (Phi) is 5.76. The van der Waals surface area contributed by atoms with Crippen LogP contribution in [0.5, 0.6) is 5.75 Å². The molecule has 7 heteroatoms. The summed E-state index contributed by atoms with van der Waals surface area (Å²) < 4.78 is 29.0. The van der Waals surface area contributed by atoms with Crippen LogP contribution in [0.4, 0.5) is 20.2 Å². The summed E-state index contributed by atoms with van der Waals surface area (Å²) in [6.45, 7) is -1.12. The van der Waals surface area contributed by atoms with Crippen molar-refractivity contribution in [3.63, 3.8) is 0 Å². The zero-order chi connectivity index (χ0) is 16.8. The SMILES string of the molecule is Cc1ccc(NCC(=O)Nc2ccccc2OC(F)F)c(Cl)c1. The van der Waals surface area contributed by atoms with E-state index < -0.39 is 12.5 Å². The van der Waals surface area contributed by atoms with Gasteiger partial charge in [0.1, 0.15) is 5.75 Å². The van der Waals surface area contributed by atoms with E-state index in [1.54, 1.807) is 18.2 Å². The second-order valence-electron chi connectivity index (χ2n) is 4.76. The summed E-state index contributed by atoms with van der Waals surface area (Å²) in [6.07, 6.45) is 0. The molecule has 0 aromatic heterocycles. The molecule has 0 spiro atoms. The van der Waals surface area contributed by atoms with Crippen molar-refractivity contribution in [2.45, 2.75) is 13.5 Å². The lowest BCUT2D eigenvalue weighted by atomic mass is 10.2. The van der Waals surface area contributed by atoms with Crippen LogP contribution in [-0.2, 0) is 4.79 Å². The maximum atomic E-state index is 12.3. The normalized spacial score (nSPS) is 10.5. The van der Waals surface area contributed by atoms with Gasteiger partial charge in [-0.25, -0.2) is 0 Å². The van der Waals surface area contributed by atoms with E-state index in [0.717, 1.165) is 5.56 Å². The van der Waals surface area contributed by atoms with Crippen LogP contribution in [0.2, 0.25) is 5.02 Å². The fourth-order valence-electron chi connectivity index (χ4n) is 1.90. The number of nitrogens with one attached hydrogen (secondary N) is 2. The van der Waals surface area contributed by atoms with E-state index in [9.17, 15) is 13.6 Å². The van der Waals surface area contributed by atoms with Crippen molar-refractivity contribution in [1.29, 1.82) is 0 Å². The number of ether oxygens (including phenoxy) is 1. The van der Waals surface area contributed by atoms with E-state index >= 15 is 0 Å². The second-order valence-corrected chi connectivity index (χ2v) is 5.17. The minimum absolute atomic E-state index is 0.0637. The lowest BCUT2D eigenvalue weighted by Crippen LogP contribution is -2.22. The Hall–Kier alpha value is -2.34. The van der Waals surface area contributed by atoms with E-state index in [4.69, 9.17) is 11.6 Å². The van der Waals surface area contributed by atoms with Crippen LogP contribution in [-0.4, -0.2) is 19.1 Å². The van der Waals surface area contributed by atoms with Gasteiger partial charge in [0.2, 0.25) is 5.91 Å². The molecule has 23 heavy (non-hydrogen) atoms. The summed E-state index contributed by atoms with van der Waals surface area (Å²) in [5.41, 5.74) is 1.79. The Morgan fingerprint density at radius 1 is 1.22 bits per heavy atom. The van der Waals surface area contributed by atoms with Crippen molar-refractivity contribution in [2.75, 3.05) is 17.2 Å². The Labute approximate surface area is 137 Å². The summed E-state index contributed by atoms with van der Waals surface area (Å²) in [7, 11) is 0. The van der Waals surface area contributed by atoms with Gasteiger partial charge in [-0.2, -0.15) is 8.78 Å². The van der Waals surface area contributed by atoms with Crippen molar-refractivity contribution in [1.82, 2.24) is 0 Å². The molecule has 4 nitrogen and oxygen atoms in total. The largest absolute Gasteiger partial charge is 0.433 e. The van der Waals surface area contributed by atoms with Gasteiger partial charge in [0.15, 0.2) is 0 Å². The summed E-state index contributed by atoms with van der Waals surface area (Å²) >= 11 is 6.06. The molecule has 0 radical (unpaired) electrons. The monoisotopic (exact) mass is 340 g/mol. The molecule has 2 N–H and O–H groups in total. The molecule has 0 heterocycles. The third-order valence-electron chi connectivity index (χ3n) is 2.94. The number of alkyl halides is 2. The number of anilines is 2. The molecule has 2 rings (SSSR count). The zero-order valence-corrected chi connectivity index (χ0v) is 13.0. The van der Waals surface area contributed by atoms with Crippen LogP contribution in [0, 0.1) is 6.92 Å². The highest BCUT2D eigenvalue weighted by molar-refractivity contribution is 6.33. The van der Waals surface area contributed by atoms with Crippen molar-refractivity contribution >= 4 is 28.9 Å². The number of benzene rings is 2. The number of carbonyl (C=O) groups is 1. The van der Waals surface area contributed by atoms with Gasteiger partial charge in [-0.1, -0.05) is 29.8 Å². The highest BCUT2D eigenvalue weighted by atomic mass is 35.5. The first-order chi connectivity index (χ1) is 11.0. The van der Waals surface area contributed by atoms with Gasteiger partial charge in [-0.3, -0.25) is 4.79 Å². The average molecular weight is 341 g/mol. The maximum Gasteiger partial charge on any atom is 0.387 e. The van der Waals surface area contributed by atoms with E-state index in [1.165, 1.54) is 18.2 Å². The smallest absolute Gasteiger partial charge is 0.387 e.